The average molecular weight is 270 g/mol. The Hall–Kier alpha value is -1.36. The molecule has 1 aromatic heterocycles. The molecule has 0 amide bonds. The largest absolute Gasteiger partial charge is 0.480 e. The van der Waals surface area contributed by atoms with Crippen molar-refractivity contribution < 1.29 is 19.4 Å². The highest BCUT2D eigenvalue weighted by atomic mass is 32.1. The molecule has 1 unspecified atom stereocenters. The molecule has 0 saturated heterocycles. The van der Waals surface area contributed by atoms with Gasteiger partial charge in [-0.25, -0.2) is 0 Å². The highest BCUT2D eigenvalue weighted by molar-refractivity contribution is 7.09. The maximum Gasteiger partial charge on any atom is 0.324 e. The number of thiophene rings is 1. The van der Waals surface area contributed by atoms with E-state index in [9.17, 15) is 14.7 Å². The fourth-order valence-electron chi connectivity index (χ4n) is 1.87. The zero-order valence-corrected chi connectivity index (χ0v) is 11.6. The summed E-state index contributed by atoms with van der Waals surface area (Å²) in [6.45, 7) is 5.33. The molecule has 0 aliphatic heterocycles. The summed E-state index contributed by atoms with van der Waals surface area (Å²) >= 11 is 1.45. The molecule has 0 radical (unpaired) electrons. The van der Waals surface area contributed by atoms with E-state index in [1.54, 1.807) is 20.8 Å². The molecule has 5 heteroatoms. The topological polar surface area (TPSA) is 63.6 Å². The van der Waals surface area contributed by atoms with Crippen LogP contribution < -0.4 is 0 Å². The number of hydrogen-bond donors (Lipinski definition) is 1. The van der Waals surface area contributed by atoms with Gasteiger partial charge in [-0.1, -0.05) is 19.9 Å². The van der Waals surface area contributed by atoms with Gasteiger partial charge in [0.15, 0.2) is 5.41 Å². The molecule has 1 heterocycles. The standard InChI is InChI=1S/C13H18O4S/c1-4-17-12(16)13(9(2)3,11(14)15)8-10-6-5-7-18-10/h5-7,9H,4,8H2,1-3H3,(H,14,15). The predicted octanol–water partition coefficient (Wildman–Crippen LogP) is 2.58. The molecule has 100 valence electrons. The van der Waals surface area contributed by atoms with E-state index < -0.39 is 17.4 Å². The van der Waals surface area contributed by atoms with Crippen LogP contribution in [0.4, 0.5) is 0 Å². The summed E-state index contributed by atoms with van der Waals surface area (Å²) in [4.78, 5) is 24.6. The Morgan fingerprint density at radius 3 is 2.56 bits per heavy atom. The lowest BCUT2D eigenvalue weighted by atomic mass is 9.74. The molecule has 1 rings (SSSR count). The lowest BCUT2D eigenvalue weighted by molar-refractivity contribution is -0.172. The number of ether oxygens (including phenoxy) is 1. The van der Waals surface area contributed by atoms with Gasteiger partial charge in [-0.3, -0.25) is 9.59 Å². The summed E-state index contributed by atoms with van der Waals surface area (Å²) in [7, 11) is 0. The minimum absolute atomic E-state index is 0.177. The summed E-state index contributed by atoms with van der Waals surface area (Å²) < 4.78 is 4.96. The maximum atomic E-state index is 12.1. The van der Waals surface area contributed by atoms with Crippen LogP contribution in [-0.2, 0) is 20.7 Å². The molecule has 0 aromatic carbocycles. The lowest BCUT2D eigenvalue weighted by Crippen LogP contribution is -2.46. The van der Waals surface area contributed by atoms with Crippen LogP contribution in [0.5, 0.6) is 0 Å². The van der Waals surface area contributed by atoms with Crippen molar-refractivity contribution in [2.75, 3.05) is 6.61 Å². The average Bonchev–Trinajstić information content (AvgIpc) is 2.77. The highest BCUT2D eigenvalue weighted by Gasteiger charge is 2.50. The van der Waals surface area contributed by atoms with Crippen molar-refractivity contribution >= 4 is 23.3 Å². The third-order valence-corrected chi connectivity index (χ3v) is 3.92. The first-order chi connectivity index (χ1) is 8.45. The second-order valence-corrected chi connectivity index (χ2v) is 5.44. The van der Waals surface area contributed by atoms with Gasteiger partial charge in [0, 0.05) is 11.3 Å². The van der Waals surface area contributed by atoms with Crippen LogP contribution in [0.1, 0.15) is 25.6 Å². The second-order valence-electron chi connectivity index (χ2n) is 4.41. The fourth-order valence-corrected chi connectivity index (χ4v) is 2.67. The van der Waals surface area contributed by atoms with Crippen molar-refractivity contribution in [2.45, 2.75) is 27.2 Å². The van der Waals surface area contributed by atoms with Crippen LogP contribution in [0.15, 0.2) is 17.5 Å². The monoisotopic (exact) mass is 270 g/mol. The van der Waals surface area contributed by atoms with Crippen LogP contribution >= 0.6 is 11.3 Å². The van der Waals surface area contributed by atoms with E-state index in [0.717, 1.165) is 4.88 Å². The second kappa shape index (κ2) is 6.00. The molecule has 0 bridgehead atoms. The summed E-state index contributed by atoms with van der Waals surface area (Å²) in [5.41, 5.74) is -1.50. The molecule has 0 spiro atoms. The van der Waals surface area contributed by atoms with E-state index in [1.807, 2.05) is 17.5 Å². The minimum atomic E-state index is -1.50. The first kappa shape index (κ1) is 14.7. The van der Waals surface area contributed by atoms with Crippen molar-refractivity contribution in [1.29, 1.82) is 0 Å². The van der Waals surface area contributed by atoms with Crippen LogP contribution in [0.3, 0.4) is 0 Å². The first-order valence-corrected chi connectivity index (χ1v) is 6.76. The number of esters is 1. The minimum Gasteiger partial charge on any atom is -0.480 e. The van der Waals surface area contributed by atoms with Crippen molar-refractivity contribution in [1.82, 2.24) is 0 Å². The lowest BCUT2D eigenvalue weighted by Gasteiger charge is -2.30. The van der Waals surface area contributed by atoms with Gasteiger partial charge < -0.3 is 9.84 Å². The van der Waals surface area contributed by atoms with E-state index in [4.69, 9.17) is 4.74 Å². The zero-order valence-electron chi connectivity index (χ0n) is 10.8. The molecule has 1 atom stereocenters. The number of carbonyl (C=O) groups excluding carboxylic acids is 1. The SMILES string of the molecule is CCOC(=O)C(Cc1cccs1)(C(=O)O)C(C)C. The molecule has 18 heavy (non-hydrogen) atoms. The van der Waals surface area contributed by atoms with Crippen molar-refractivity contribution in [3.8, 4) is 0 Å². The number of hydrogen-bond acceptors (Lipinski definition) is 4. The Balaban J connectivity index is 3.13. The van der Waals surface area contributed by atoms with Crippen molar-refractivity contribution in [2.24, 2.45) is 11.3 Å². The van der Waals surface area contributed by atoms with Crippen LogP contribution in [0.25, 0.3) is 0 Å². The zero-order chi connectivity index (χ0) is 13.8. The van der Waals surface area contributed by atoms with Crippen molar-refractivity contribution in [3.63, 3.8) is 0 Å². The summed E-state index contributed by atoms with van der Waals surface area (Å²) in [5.74, 6) is -2.11. The Labute approximate surface area is 111 Å². The van der Waals surface area contributed by atoms with E-state index >= 15 is 0 Å². The number of rotatable bonds is 6. The molecule has 1 aromatic rings. The highest BCUT2D eigenvalue weighted by Crippen LogP contribution is 2.35. The summed E-state index contributed by atoms with van der Waals surface area (Å²) in [6, 6.07) is 3.68. The van der Waals surface area contributed by atoms with Gasteiger partial charge in [0.25, 0.3) is 0 Å². The van der Waals surface area contributed by atoms with Gasteiger partial charge in [-0.2, -0.15) is 0 Å². The van der Waals surface area contributed by atoms with Crippen molar-refractivity contribution in [3.05, 3.63) is 22.4 Å². The van der Waals surface area contributed by atoms with Gasteiger partial charge in [-0.05, 0) is 24.3 Å². The van der Waals surface area contributed by atoms with E-state index in [2.05, 4.69) is 0 Å². The van der Waals surface area contributed by atoms with Gasteiger partial charge in [0.1, 0.15) is 0 Å². The van der Waals surface area contributed by atoms with Gasteiger partial charge in [-0.15, -0.1) is 11.3 Å². The predicted molar refractivity (Wildman–Crippen MR) is 69.6 cm³/mol. The van der Waals surface area contributed by atoms with Gasteiger partial charge in [0.2, 0.25) is 0 Å². The Kier molecular flexibility index (Phi) is 4.90. The van der Waals surface area contributed by atoms with E-state index in [-0.39, 0.29) is 18.9 Å². The Morgan fingerprint density at radius 2 is 2.17 bits per heavy atom. The molecule has 0 aliphatic rings. The normalized spacial score (nSPS) is 14.2. The quantitative estimate of drug-likeness (QED) is 0.637. The third-order valence-electron chi connectivity index (χ3n) is 3.04. The summed E-state index contributed by atoms with van der Waals surface area (Å²) in [5, 5.41) is 11.4. The van der Waals surface area contributed by atoms with Crippen LogP contribution in [0.2, 0.25) is 0 Å². The van der Waals surface area contributed by atoms with Gasteiger partial charge in [0.05, 0.1) is 6.61 Å². The maximum absolute atomic E-state index is 12.1. The first-order valence-electron chi connectivity index (χ1n) is 5.88. The Morgan fingerprint density at radius 1 is 1.50 bits per heavy atom. The molecule has 1 N–H and O–H groups in total. The molecular weight excluding hydrogens is 252 g/mol. The molecule has 0 fully saturated rings. The number of carbonyl (C=O) groups is 2. The van der Waals surface area contributed by atoms with Crippen LogP contribution in [-0.4, -0.2) is 23.7 Å². The van der Waals surface area contributed by atoms with E-state index in [1.165, 1.54) is 11.3 Å². The summed E-state index contributed by atoms with van der Waals surface area (Å²) in [6.07, 6.45) is 0.177. The molecular formula is C13H18O4S. The fraction of sp³-hybridized carbons (Fsp3) is 0.538. The molecule has 4 nitrogen and oxygen atoms in total. The number of carboxylic acid groups (broad SMARTS) is 1. The number of aliphatic carboxylic acids is 1. The molecule has 0 aliphatic carbocycles. The Bertz CT molecular complexity index is 411. The number of carboxylic acids is 1. The van der Waals surface area contributed by atoms with Gasteiger partial charge >= 0.3 is 11.9 Å². The smallest absolute Gasteiger partial charge is 0.324 e. The van der Waals surface area contributed by atoms with Crippen LogP contribution in [0, 0.1) is 11.3 Å². The molecule has 0 saturated carbocycles. The third kappa shape index (κ3) is 2.72. The van der Waals surface area contributed by atoms with E-state index in [0.29, 0.717) is 0 Å².